The molecule has 4 heterocycles. The van der Waals surface area contributed by atoms with Crippen molar-refractivity contribution in [3.63, 3.8) is 0 Å². The standard InChI is InChI=1S/C6H4O2.C6H4S2/c1-3-7-6-5(1)2-4-8-6;1-3-7-6-2-4-8-5(1)6/h2*1-4H. The second-order valence-electron chi connectivity index (χ2n) is 3.15. The molecule has 0 saturated carbocycles. The third-order valence-corrected chi connectivity index (χ3v) is 4.05. The summed E-state index contributed by atoms with van der Waals surface area (Å²) < 4.78 is 12.6. The first-order chi connectivity index (χ1) is 7.93. The predicted octanol–water partition coefficient (Wildman–Crippen LogP) is 4.99. The van der Waals surface area contributed by atoms with E-state index in [1.807, 2.05) is 12.1 Å². The molecular weight excluding hydrogens is 240 g/mol. The molecule has 4 aromatic heterocycles. The van der Waals surface area contributed by atoms with E-state index in [1.165, 1.54) is 9.40 Å². The molecule has 0 atom stereocenters. The summed E-state index contributed by atoms with van der Waals surface area (Å²) in [5.74, 6) is 0.602. The fraction of sp³-hybridized carbons (Fsp3) is 0. The van der Waals surface area contributed by atoms with E-state index in [-0.39, 0.29) is 0 Å². The van der Waals surface area contributed by atoms with E-state index in [0.717, 1.165) is 5.39 Å². The van der Waals surface area contributed by atoms with Gasteiger partial charge in [0.25, 0.3) is 5.78 Å². The Labute approximate surface area is 99.7 Å². The third kappa shape index (κ3) is 1.77. The van der Waals surface area contributed by atoms with E-state index in [2.05, 4.69) is 22.9 Å². The lowest BCUT2D eigenvalue weighted by molar-refractivity contribution is 0.478. The summed E-state index contributed by atoms with van der Waals surface area (Å²) >= 11 is 3.61. The van der Waals surface area contributed by atoms with Gasteiger partial charge in [-0.2, -0.15) is 0 Å². The number of rotatable bonds is 0. The van der Waals surface area contributed by atoms with Crippen molar-refractivity contribution in [2.45, 2.75) is 0 Å². The molecule has 4 heteroatoms. The van der Waals surface area contributed by atoms with Crippen LogP contribution in [0.15, 0.2) is 56.4 Å². The molecule has 2 nitrogen and oxygen atoms in total. The molecular formula is C12H8O2S2. The summed E-state index contributed by atoms with van der Waals surface area (Å²) in [5.41, 5.74) is 0. The van der Waals surface area contributed by atoms with Crippen molar-refractivity contribution in [2.24, 2.45) is 0 Å². The highest BCUT2D eigenvalue weighted by molar-refractivity contribution is 7.25. The fourth-order valence-electron chi connectivity index (χ4n) is 1.39. The zero-order valence-electron chi connectivity index (χ0n) is 8.25. The number of furan rings is 2. The van der Waals surface area contributed by atoms with Crippen LogP contribution in [0.2, 0.25) is 0 Å². The van der Waals surface area contributed by atoms with Gasteiger partial charge in [0.1, 0.15) is 0 Å². The number of fused-ring (bicyclic) bond motifs is 2. The van der Waals surface area contributed by atoms with Gasteiger partial charge in [-0.25, -0.2) is 0 Å². The topological polar surface area (TPSA) is 26.3 Å². The molecule has 80 valence electrons. The minimum Gasteiger partial charge on any atom is -0.434 e. The maximum atomic E-state index is 4.89. The minimum atomic E-state index is 0.602. The van der Waals surface area contributed by atoms with Crippen LogP contribution in [0, 0.1) is 0 Å². The Bertz CT molecular complexity index is 520. The molecule has 0 bridgehead atoms. The minimum absolute atomic E-state index is 0.602. The second kappa shape index (κ2) is 4.15. The van der Waals surface area contributed by atoms with E-state index >= 15 is 0 Å². The molecule has 0 saturated heterocycles. The van der Waals surface area contributed by atoms with Crippen molar-refractivity contribution in [3.8, 4) is 0 Å². The SMILES string of the molecule is c1cc2ccoc2o1.c1cc2sccc2s1. The number of hydrogen-bond acceptors (Lipinski definition) is 4. The van der Waals surface area contributed by atoms with E-state index in [0.29, 0.717) is 5.78 Å². The van der Waals surface area contributed by atoms with Crippen LogP contribution in [0.4, 0.5) is 0 Å². The van der Waals surface area contributed by atoms with Crippen LogP contribution in [-0.2, 0) is 0 Å². The maximum Gasteiger partial charge on any atom is 0.296 e. The molecule has 0 aliphatic carbocycles. The van der Waals surface area contributed by atoms with Gasteiger partial charge in [-0.1, -0.05) is 0 Å². The van der Waals surface area contributed by atoms with E-state index < -0.39 is 0 Å². The van der Waals surface area contributed by atoms with Gasteiger partial charge < -0.3 is 8.83 Å². The summed E-state index contributed by atoms with van der Waals surface area (Å²) in [6.07, 6.45) is 3.21. The van der Waals surface area contributed by atoms with Crippen LogP contribution in [0.3, 0.4) is 0 Å². The highest BCUT2D eigenvalue weighted by Gasteiger charge is 1.94. The molecule has 0 unspecified atom stereocenters. The number of thiophene rings is 2. The molecule has 0 aromatic carbocycles. The van der Waals surface area contributed by atoms with Crippen LogP contribution in [0.5, 0.6) is 0 Å². The van der Waals surface area contributed by atoms with Gasteiger partial charge in [0.2, 0.25) is 0 Å². The average Bonchev–Trinajstić information content (AvgIpc) is 2.99. The first-order valence-corrected chi connectivity index (χ1v) is 6.51. The summed E-state index contributed by atoms with van der Waals surface area (Å²) in [6, 6.07) is 8.03. The maximum absolute atomic E-state index is 4.89. The molecule has 0 spiro atoms. The summed E-state index contributed by atoms with van der Waals surface area (Å²) in [5, 5.41) is 5.27. The molecule has 0 amide bonds. The van der Waals surface area contributed by atoms with E-state index in [4.69, 9.17) is 8.83 Å². The summed E-state index contributed by atoms with van der Waals surface area (Å²) in [7, 11) is 0. The van der Waals surface area contributed by atoms with Crippen LogP contribution >= 0.6 is 22.7 Å². The fourth-order valence-corrected chi connectivity index (χ4v) is 3.22. The zero-order valence-corrected chi connectivity index (χ0v) is 9.88. The van der Waals surface area contributed by atoms with E-state index in [1.54, 1.807) is 35.2 Å². The lowest BCUT2D eigenvalue weighted by Gasteiger charge is -1.66. The Morgan fingerprint density at radius 2 is 1.31 bits per heavy atom. The van der Waals surface area contributed by atoms with Gasteiger partial charge >= 0.3 is 0 Å². The monoisotopic (exact) mass is 248 g/mol. The highest BCUT2D eigenvalue weighted by atomic mass is 32.1. The van der Waals surface area contributed by atoms with Crippen molar-refractivity contribution in [3.05, 3.63) is 47.6 Å². The molecule has 16 heavy (non-hydrogen) atoms. The Balaban J connectivity index is 0.000000101. The normalized spacial score (nSPS) is 10.5. The zero-order chi connectivity index (χ0) is 10.8. The molecule has 0 radical (unpaired) electrons. The Hall–Kier alpha value is -1.52. The van der Waals surface area contributed by atoms with Crippen molar-refractivity contribution >= 4 is 43.2 Å². The lowest BCUT2D eigenvalue weighted by atomic mass is 10.4. The smallest absolute Gasteiger partial charge is 0.296 e. The van der Waals surface area contributed by atoms with Gasteiger partial charge in [-0.15, -0.1) is 22.7 Å². The second-order valence-corrected chi connectivity index (χ2v) is 5.05. The van der Waals surface area contributed by atoms with Crippen LogP contribution in [-0.4, -0.2) is 0 Å². The first-order valence-electron chi connectivity index (χ1n) is 4.75. The Morgan fingerprint density at radius 1 is 0.750 bits per heavy atom. The van der Waals surface area contributed by atoms with E-state index in [9.17, 15) is 0 Å². The number of hydrogen-bond donors (Lipinski definition) is 0. The summed E-state index contributed by atoms with van der Waals surface area (Å²) in [6.45, 7) is 0. The molecule has 0 N–H and O–H groups in total. The average molecular weight is 248 g/mol. The van der Waals surface area contributed by atoms with Crippen molar-refractivity contribution < 1.29 is 8.83 Å². The first kappa shape index (κ1) is 9.69. The van der Waals surface area contributed by atoms with Crippen LogP contribution < -0.4 is 0 Å². The quantitative estimate of drug-likeness (QED) is 0.438. The van der Waals surface area contributed by atoms with Gasteiger partial charge in [0.15, 0.2) is 0 Å². The Morgan fingerprint density at radius 3 is 1.81 bits per heavy atom. The highest BCUT2D eigenvalue weighted by Crippen LogP contribution is 2.25. The molecule has 0 aliphatic rings. The lowest BCUT2D eigenvalue weighted by Crippen LogP contribution is -1.38. The predicted molar refractivity (Wildman–Crippen MR) is 68.2 cm³/mol. The largest absolute Gasteiger partial charge is 0.434 e. The van der Waals surface area contributed by atoms with Gasteiger partial charge in [-0.05, 0) is 35.0 Å². The molecule has 0 fully saturated rings. The third-order valence-electron chi connectivity index (χ3n) is 2.15. The van der Waals surface area contributed by atoms with Gasteiger partial charge in [0.05, 0.1) is 17.9 Å². The van der Waals surface area contributed by atoms with Crippen LogP contribution in [0.1, 0.15) is 0 Å². The molecule has 0 aliphatic heterocycles. The Kier molecular flexibility index (Phi) is 2.52. The van der Waals surface area contributed by atoms with Gasteiger partial charge in [-0.3, -0.25) is 0 Å². The van der Waals surface area contributed by atoms with Crippen LogP contribution in [0.25, 0.3) is 20.6 Å². The van der Waals surface area contributed by atoms with Crippen molar-refractivity contribution in [1.29, 1.82) is 0 Å². The molecule has 4 aromatic rings. The molecule has 4 rings (SSSR count). The summed E-state index contributed by atoms with van der Waals surface area (Å²) in [4.78, 5) is 0. The van der Waals surface area contributed by atoms with Crippen molar-refractivity contribution in [2.75, 3.05) is 0 Å². The van der Waals surface area contributed by atoms with Gasteiger partial charge in [0, 0.05) is 9.40 Å². The van der Waals surface area contributed by atoms with Crippen molar-refractivity contribution in [1.82, 2.24) is 0 Å².